The van der Waals surface area contributed by atoms with Gasteiger partial charge in [-0.15, -0.1) is 0 Å². The maximum atomic E-state index is 11.1. The molecule has 4 rings (SSSR count). The molecule has 0 atom stereocenters. The number of carboxylic acid groups (broad SMARTS) is 1. The molecular weight excluding hydrogens is 368 g/mol. The zero-order valence-corrected chi connectivity index (χ0v) is 17.7. The number of rotatable bonds is 4. The molecule has 0 spiro atoms. The van der Waals surface area contributed by atoms with Crippen molar-refractivity contribution < 1.29 is 9.90 Å². The Morgan fingerprint density at radius 2 is 1.60 bits per heavy atom. The molecule has 0 bridgehead atoms. The van der Waals surface area contributed by atoms with Crippen molar-refractivity contribution in [2.75, 3.05) is 0 Å². The van der Waals surface area contributed by atoms with E-state index in [1.807, 2.05) is 12.1 Å². The minimum absolute atomic E-state index is 0.0751. The lowest BCUT2D eigenvalue weighted by molar-refractivity contribution is 0.0697. The van der Waals surface area contributed by atoms with Crippen LogP contribution in [0.4, 0.5) is 0 Å². The first-order valence-electron chi connectivity index (χ1n) is 10.2. The van der Waals surface area contributed by atoms with Gasteiger partial charge >= 0.3 is 5.97 Å². The summed E-state index contributed by atoms with van der Waals surface area (Å²) in [6, 6.07) is 22.1. The zero-order valence-electron chi connectivity index (χ0n) is 17.7. The van der Waals surface area contributed by atoms with E-state index in [9.17, 15) is 4.79 Å². The topological polar surface area (TPSA) is 37.3 Å². The molecule has 0 heterocycles. The van der Waals surface area contributed by atoms with E-state index in [1.54, 1.807) is 12.1 Å². The number of carboxylic acids is 1. The van der Waals surface area contributed by atoms with Gasteiger partial charge in [0, 0.05) is 0 Å². The second-order valence-electron chi connectivity index (χ2n) is 8.70. The van der Waals surface area contributed by atoms with E-state index in [0.717, 1.165) is 23.1 Å². The number of hydrogen-bond donors (Lipinski definition) is 1. The molecule has 1 N–H and O–H groups in total. The van der Waals surface area contributed by atoms with Crippen molar-refractivity contribution in [2.24, 2.45) is 0 Å². The van der Waals surface area contributed by atoms with E-state index in [0.29, 0.717) is 0 Å². The second kappa shape index (κ2) is 7.46. The SMILES string of the molecule is C=C(c1ccc(C(=O)O)cc1)c1ccc2c(c1)C(c1cccc(C)c1)=CCC2(C)C. The van der Waals surface area contributed by atoms with Crippen molar-refractivity contribution in [1.29, 1.82) is 0 Å². The van der Waals surface area contributed by atoms with Crippen LogP contribution in [0.15, 0.2) is 79.4 Å². The molecule has 0 saturated carbocycles. The lowest BCUT2D eigenvalue weighted by Gasteiger charge is -2.33. The van der Waals surface area contributed by atoms with Crippen LogP contribution >= 0.6 is 0 Å². The summed E-state index contributed by atoms with van der Waals surface area (Å²) in [6.07, 6.45) is 3.35. The Bertz CT molecular complexity index is 1180. The molecule has 2 heteroatoms. The van der Waals surface area contributed by atoms with Crippen molar-refractivity contribution >= 4 is 17.1 Å². The summed E-state index contributed by atoms with van der Waals surface area (Å²) in [5.74, 6) is -0.920. The van der Waals surface area contributed by atoms with Gasteiger partial charge in [-0.05, 0) is 75.9 Å². The van der Waals surface area contributed by atoms with Crippen LogP contribution in [0.5, 0.6) is 0 Å². The maximum Gasteiger partial charge on any atom is 0.335 e. The Hall–Kier alpha value is -3.39. The van der Waals surface area contributed by atoms with E-state index < -0.39 is 5.97 Å². The molecule has 1 aliphatic carbocycles. The number of carbonyl (C=O) groups is 1. The van der Waals surface area contributed by atoms with Crippen molar-refractivity contribution in [3.8, 4) is 0 Å². The summed E-state index contributed by atoms with van der Waals surface area (Å²) in [7, 11) is 0. The van der Waals surface area contributed by atoms with Crippen molar-refractivity contribution in [3.05, 3.63) is 118 Å². The highest BCUT2D eigenvalue weighted by atomic mass is 16.4. The normalized spacial score (nSPS) is 14.6. The summed E-state index contributed by atoms with van der Waals surface area (Å²) in [5, 5.41) is 9.14. The second-order valence-corrected chi connectivity index (χ2v) is 8.70. The minimum atomic E-state index is -0.920. The van der Waals surface area contributed by atoms with Crippen LogP contribution < -0.4 is 0 Å². The number of aromatic carboxylic acids is 1. The average molecular weight is 395 g/mol. The number of hydrogen-bond acceptors (Lipinski definition) is 1. The molecule has 3 aromatic carbocycles. The smallest absolute Gasteiger partial charge is 0.335 e. The van der Waals surface area contributed by atoms with E-state index in [-0.39, 0.29) is 11.0 Å². The monoisotopic (exact) mass is 394 g/mol. The van der Waals surface area contributed by atoms with Crippen LogP contribution in [-0.4, -0.2) is 11.1 Å². The fraction of sp³-hybridized carbons (Fsp3) is 0.179. The van der Waals surface area contributed by atoms with Gasteiger partial charge in [-0.1, -0.05) is 80.6 Å². The van der Waals surface area contributed by atoms with Gasteiger partial charge in [0.1, 0.15) is 0 Å². The van der Waals surface area contributed by atoms with Crippen LogP contribution in [0.3, 0.4) is 0 Å². The minimum Gasteiger partial charge on any atom is -0.478 e. The molecule has 0 unspecified atom stereocenters. The number of fused-ring (bicyclic) bond motifs is 1. The molecule has 2 nitrogen and oxygen atoms in total. The molecule has 150 valence electrons. The van der Waals surface area contributed by atoms with Crippen molar-refractivity contribution in [2.45, 2.75) is 32.6 Å². The van der Waals surface area contributed by atoms with E-state index in [4.69, 9.17) is 5.11 Å². The van der Waals surface area contributed by atoms with Crippen LogP contribution in [-0.2, 0) is 5.41 Å². The summed E-state index contributed by atoms with van der Waals surface area (Å²) in [5.41, 5.74) is 9.57. The molecule has 3 aromatic rings. The van der Waals surface area contributed by atoms with Crippen molar-refractivity contribution in [1.82, 2.24) is 0 Å². The Kier molecular flexibility index (Phi) is 4.95. The molecule has 0 aromatic heterocycles. The van der Waals surface area contributed by atoms with Crippen LogP contribution in [0.2, 0.25) is 0 Å². The molecular formula is C28H26O2. The Morgan fingerprint density at radius 1 is 0.933 bits per heavy atom. The third kappa shape index (κ3) is 3.61. The predicted octanol–water partition coefficient (Wildman–Crippen LogP) is 6.87. The molecule has 0 saturated heterocycles. The van der Waals surface area contributed by atoms with Gasteiger partial charge in [0.15, 0.2) is 0 Å². The van der Waals surface area contributed by atoms with Gasteiger partial charge in [0.05, 0.1) is 5.56 Å². The number of aryl methyl sites for hydroxylation is 1. The largest absolute Gasteiger partial charge is 0.478 e. The van der Waals surface area contributed by atoms with Gasteiger partial charge in [0.2, 0.25) is 0 Å². The molecule has 1 aliphatic rings. The highest BCUT2D eigenvalue weighted by Gasteiger charge is 2.29. The molecule has 0 aliphatic heterocycles. The van der Waals surface area contributed by atoms with Gasteiger partial charge in [-0.25, -0.2) is 4.79 Å². The van der Waals surface area contributed by atoms with Crippen molar-refractivity contribution in [3.63, 3.8) is 0 Å². The quantitative estimate of drug-likeness (QED) is 0.524. The highest BCUT2D eigenvalue weighted by molar-refractivity contribution is 5.90. The molecule has 0 radical (unpaired) electrons. The summed E-state index contributed by atoms with van der Waals surface area (Å²) in [4.78, 5) is 11.1. The Balaban J connectivity index is 1.78. The molecule has 0 fully saturated rings. The third-order valence-electron chi connectivity index (χ3n) is 6.01. The van der Waals surface area contributed by atoms with E-state index in [2.05, 4.69) is 75.9 Å². The van der Waals surface area contributed by atoms with E-state index >= 15 is 0 Å². The van der Waals surface area contributed by atoms with Crippen LogP contribution in [0.25, 0.3) is 11.1 Å². The first-order chi connectivity index (χ1) is 14.3. The standard InChI is InChI=1S/C28H26O2/c1-18-6-5-7-23(16-18)24-14-15-28(3,4)26-13-12-22(17-25(24)26)19(2)20-8-10-21(11-9-20)27(29)30/h5-14,16-17H,2,15H2,1,3-4H3,(H,29,30). The molecule has 30 heavy (non-hydrogen) atoms. The molecule has 0 amide bonds. The number of allylic oxidation sites excluding steroid dienone is 1. The fourth-order valence-corrected chi connectivity index (χ4v) is 4.19. The Labute approximate surface area is 178 Å². The summed E-state index contributed by atoms with van der Waals surface area (Å²) in [6.45, 7) is 11.0. The highest BCUT2D eigenvalue weighted by Crippen LogP contribution is 2.42. The third-order valence-corrected chi connectivity index (χ3v) is 6.01. The van der Waals surface area contributed by atoms with Gasteiger partial charge < -0.3 is 5.11 Å². The number of benzene rings is 3. The Morgan fingerprint density at radius 3 is 2.27 bits per heavy atom. The summed E-state index contributed by atoms with van der Waals surface area (Å²) >= 11 is 0. The predicted molar refractivity (Wildman–Crippen MR) is 124 cm³/mol. The van der Waals surface area contributed by atoms with Crippen LogP contribution in [0, 0.1) is 6.92 Å². The zero-order chi connectivity index (χ0) is 21.5. The first kappa shape index (κ1) is 19.9. The lowest BCUT2D eigenvalue weighted by atomic mass is 9.71. The van der Waals surface area contributed by atoms with Gasteiger partial charge in [-0.2, -0.15) is 0 Å². The van der Waals surface area contributed by atoms with Gasteiger partial charge in [-0.3, -0.25) is 0 Å². The van der Waals surface area contributed by atoms with E-state index in [1.165, 1.54) is 27.8 Å². The van der Waals surface area contributed by atoms with Gasteiger partial charge in [0.25, 0.3) is 0 Å². The summed E-state index contributed by atoms with van der Waals surface area (Å²) < 4.78 is 0. The first-order valence-corrected chi connectivity index (χ1v) is 10.2. The van der Waals surface area contributed by atoms with Crippen LogP contribution in [0.1, 0.15) is 64.0 Å². The maximum absolute atomic E-state index is 11.1. The average Bonchev–Trinajstić information content (AvgIpc) is 2.73. The lowest BCUT2D eigenvalue weighted by Crippen LogP contribution is -2.22. The fourth-order valence-electron chi connectivity index (χ4n) is 4.19.